The fraction of sp³-hybridized carbons (Fsp3) is 0.381. The Morgan fingerprint density at radius 3 is 2.62 bits per heavy atom. The molecule has 168 valence electrons. The third kappa shape index (κ3) is 3.78. The first-order valence-corrected chi connectivity index (χ1v) is 11.3. The van der Waals surface area contributed by atoms with Crippen molar-refractivity contribution in [3.05, 3.63) is 51.2 Å². The van der Waals surface area contributed by atoms with E-state index in [-0.39, 0.29) is 28.1 Å². The SMILES string of the molecule is O=C(c1nn2c(C(F)(F)F)cc(-c3ccc(Br)cc3)nc2c1Cl)N1CCN2CCCC2C1. The van der Waals surface area contributed by atoms with Crippen LogP contribution in [0.25, 0.3) is 16.9 Å². The summed E-state index contributed by atoms with van der Waals surface area (Å²) in [5.41, 5.74) is -0.852. The Hall–Kier alpha value is -2.17. The zero-order valence-electron chi connectivity index (χ0n) is 16.7. The van der Waals surface area contributed by atoms with Crippen LogP contribution in [-0.2, 0) is 6.18 Å². The molecule has 0 saturated carbocycles. The fourth-order valence-electron chi connectivity index (χ4n) is 4.42. The average molecular weight is 529 g/mol. The van der Waals surface area contributed by atoms with Crippen LogP contribution in [0.2, 0.25) is 5.02 Å². The molecule has 11 heteroatoms. The van der Waals surface area contributed by atoms with Crippen LogP contribution in [0.5, 0.6) is 0 Å². The van der Waals surface area contributed by atoms with Crippen LogP contribution in [0.3, 0.4) is 0 Å². The van der Waals surface area contributed by atoms with Gasteiger partial charge in [-0.1, -0.05) is 39.7 Å². The molecule has 3 aromatic rings. The molecule has 5 rings (SSSR count). The van der Waals surface area contributed by atoms with E-state index < -0.39 is 17.8 Å². The molecule has 2 aliphatic rings. The lowest BCUT2D eigenvalue weighted by molar-refractivity contribution is -0.142. The lowest BCUT2D eigenvalue weighted by Crippen LogP contribution is -2.52. The van der Waals surface area contributed by atoms with Gasteiger partial charge in [0.25, 0.3) is 5.91 Å². The standard InChI is InChI=1S/C21H18BrClF3N5O/c22-13-5-3-12(4-6-13)15-10-16(21(24,25)26)31-19(27-15)17(23)18(28-31)20(32)30-9-8-29-7-1-2-14(29)11-30/h3-6,10,14H,1-2,7-9,11H2. The average Bonchev–Trinajstić information content (AvgIpc) is 3.36. The zero-order chi connectivity index (χ0) is 22.6. The summed E-state index contributed by atoms with van der Waals surface area (Å²) in [5.74, 6) is -0.467. The number of carbonyl (C=O) groups excluding carboxylic acids is 1. The molecule has 1 amide bonds. The van der Waals surface area contributed by atoms with Crippen molar-refractivity contribution in [1.29, 1.82) is 0 Å². The van der Waals surface area contributed by atoms with E-state index in [2.05, 4.69) is 30.9 Å². The van der Waals surface area contributed by atoms with E-state index in [1.54, 1.807) is 29.2 Å². The van der Waals surface area contributed by atoms with Gasteiger partial charge < -0.3 is 4.90 Å². The highest BCUT2D eigenvalue weighted by molar-refractivity contribution is 9.10. The number of rotatable bonds is 2. The maximum atomic E-state index is 13.9. The number of carbonyl (C=O) groups is 1. The van der Waals surface area contributed by atoms with Gasteiger partial charge in [0, 0.05) is 35.7 Å². The first kappa shape index (κ1) is 21.7. The lowest BCUT2D eigenvalue weighted by Gasteiger charge is -2.37. The molecular formula is C21H18BrClF3N5O. The molecule has 1 atom stereocenters. The first-order chi connectivity index (χ1) is 15.2. The number of hydrogen-bond acceptors (Lipinski definition) is 4. The number of nitrogens with zero attached hydrogens (tertiary/aromatic N) is 5. The number of aromatic nitrogens is 3. The normalized spacial score (nSPS) is 19.5. The highest BCUT2D eigenvalue weighted by Gasteiger charge is 2.38. The van der Waals surface area contributed by atoms with Crippen LogP contribution < -0.4 is 0 Å². The molecule has 6 nitrogen and oxygen atoms in total. The Kier molecular flexibility index (Phi) is 5.42. The van der Waals surface area contributed by atoms with Crippen LogP contribution >= 0.6 is 27.5 Å². The van der Waals surface area contributed by atoms with E-state index in [0.29, 0.717) is 23.2 Å². The van der Waals surface area contributed by atoms with Gasteiger partial charge in [-0.25, -0.2) is 9.50 Å². The second-order valence-corrected chi connectivity index (χ2v) is 9.31. The second kappa shape index (κ2) is 8.00. The van der Waals surface area contributed by atoms with Gasteiger partial charge in [0.15, 0.2) is 17.0 Å². The molecule has 1 unspecified atom stereocenters. The maximum absolute atomic E-state index is 13.9. The van der Waals surface area contributed by atoms with Crippen LogP contribution in [0.1, 0.15) is 29.0 Å². The lowest BCUT2D eigenvalue weighted by atomic mass is 10.1. The number of benzene rings is 1. The summed E-state index contributed by atoms with van der Waals surface area (Å²) in [4.78, 5) is 21.5. The van der Waals surface area contributed by atoms with Crippen molar-refractivity contribution in [2.45, 2.75) is 25.1 Å². The Bertz CT molecular complexity index is 1200. The number of halogens is 5. The third-order valence-corrected chi connectivity index (χ3v) is 6.92. The van der Waals surface area contributed by atoms with Crippen LogP contribution in [0.4, 0.5) is 13.2 Å². The van der Waals surface area contributed by atoms with Crippen molar-refractivity contribution < 1.29 is 18.0 Å². The highest BCUT2D eigenvalue weighted by Crippen LogP contribution is 2.35. The molecule has 2 aliphatic heterocycles. The zero-order valence-corrected chi connectivity index (χ0v) is 19.1. The number of alkyl halides is 3. The molecule has 2 aromatic heterocycles. The fourth-order valence-corrected chi connectivity index (χ4v) is 4.93. The smallest absolute Gasteiger partial charge is 0.334 e. The van der Waals surface area contributed by atoms with Crippen molar-refractivity contribution in [3.63, 3.8) is 0 Å². The molecule has 0 spiro atoms. The molecule has 32 heavy (non-hydrogen) atoms. The predicted molar refractivity (Wildman–Crippen MR) is 117 cm³/mol. The van der Waals surface area contributed by atoms with Crippen molar-refractivity contribution in [1.82, 2.24) is 24.4 Å². The Morgan fingerprint density at radius 2 is 1.91 bits per heavy atom. The van der Waals surface area contributed by atoms with Gasteiger partial charge in [0.05, 0.1) is 5.69 Å². The van der Waals surface area contributed by atoms with Gasteiger partial charge in [0.2, 0.25) is 0 Å². The van der Waals surface area contributed by atoms with Crippen molar-refractivity contribution in [2.75, 3.05) is 26.2 Å². The van der Waals surface area contributed by atoms with E-state index in [1.165, 1.54) is 0 Å². The van der Waals surface area contributed by atoms with E-state index in [9.17, 15) is 18.0 Å². The van der Waals surface area contributed by atoms with E-state index in [1.807, 2.05) is 0 Å². The number of fused-ring (bicyclic) bond motifs is 2. The Morgan fingerprint density at radius 1 is 1.16 bits per heavy atom. The largest absolute Gasteiger partial charge is 0.433 e. The van der Waals surface area contributed by atoms with Gasteiger partial charge >= 0.3 is 6.18 Å². The molecule has 2 fully saturated rings. The summed E-state index contributed by atoms with van der Waals surface area (Å²) in [6.07, 6.45) is -2.63. The molecule has 0 radical (unpaired) electrons. The van der Waals surface area contributed by atoms with Gasteiger partial charge in [-0.3, -0.25) is 9.69 Å². The van der Waals surface area contributed by atoms with E-state index >= 15 is 0 Å². The summed E-state index contributed by atoms with van der Waals surface area (Å²) >= 11 is 9.72. The predicted octanol–water partition coefficient (Wildman–Crippen LogP) is 4.75. The summed E-state index contributed by atoms with van der Waals surface area (Å²) in [6, 6.07) is 7.93. The Labute approximate surface area is 195 Å². The van der Waals surface area contributed by atoms with Crippen LogP contribution in [0, 0.1) is 0 Å². The Balaban J connectivity index is 1.58. The molecule has 2 saturated heterocycles. The number of amides is 1. The molecule has 0 N–H and O–H groups in total. The van der Waals surface area contributed by atoms with Gasteiger partial charge in [-0.05, 0) is 37.6 Å². The third-order valence-electron chi connectivity index (χ3n) is 6.04. The topological polar surface area (TPSA) is 53.7 Å². The van der Waals surface area contributed by atoms with Crippen molar-refractivity contribution in [2.24, 2.45) is 0 Å². The highest BCUT2D eigenvalue weighted by atomic mass is 79.9. The summed E-state index contributed by atoms with van der Waals surface area (Å²) in [6.45, 7) is 2.76. The number of piperazine rings is 1. The maximum Gasteiger partial charge on any atom is 0.433 e. The summed E-state index contributed by atoms with van der Waals surface area (Å²) in [7, 11) is 0. The summed E-state index contributed by atoms with van der Waals surface area (Å²) in [5, 5.41) is 3.81. The summed E-state index contributed by atoms with van der Waals surface area (Å²) < 4.78 is 43.1. The molecule has 0 bridgehead atoms. The molecule has 0 aliphatic carbocycles. The van der Waals surface area contributed by atoms with E-state index in [4.69, 9.17) is 11.6 Å². The van der Waals surface area contributed by atoms with Gasteiger partial charge in [-0.15, -0.1) is 0 Å². The minimum Gasteiger partial charge on any atom is -0.334 e. The van der Waals surface area contributed by atoms with Gasteiger partial charge in [0.1, 0.15) is 5.02 Å². The van der Waals surface area contributed by atoms with Crippen LogP contribution in [-0.4, -0.2) is 62.5 Å². The second-order valence-electron chi connectivity index (χ2n) is 8.01. The minimum absolute atomic E-state index is 0.0951. The first-order valence-electron chi connectivity index (χ1n) is 10.2. The van der Waals surface area contributed by atoms with Crippen LogP contribution in [0.15, 0.2) is 34.8 Å². The monoisotopic (exact) mass is 527 g/mol. The van der Waals surface area contributed by atoms with E-state index in [0.717, 1.165) is 36.5 Å². The van der Waals surface area contributed by atoms with Crippen molar-refractivity contribution >= 4 is 39.1 Å². The minimum atomic E-state index is -4.71. The van der Waals surface area contributed by atoms with Gasteiger partial charge in [-0.2, -0.15) is 18.3 Å². The molecular weight excluding hydrogens is 511 g/mol. The molecule has 1 aromatic carbocycles. The molecule has 4 heterocycles. The quantitative estimate of drug-likeness (QED) is 0.482. The number of hydrogen-bond donors (Lipinski definition) is 0. The van der Waals surface area contributed by atoms with Crippen molar-refractivity contribution in [3.8, 4) is 11.3 Å².